The molecule has 0 bridgehead atoms. The van der Waals surface area contributed by atoms with Crippen LogP contribution in [0.15, 0.2) is 36.5 Å². The van der Waals surface area contributed by atoms with Crippen LogP contribution in [0.25, 0.3) is 0 Å². The molecule has 8 nitrogen and oxygen atoms in total. The first-order valence-corrected chi connectivity index (χ1v) is 25.1. The smallest absolute Gasteiger partial charge is 0.391 e. The van der Waals surface area contributed by atoms with E-state index >= 15 is 0 Å². The number of allylic oxidation sites excluding steroid dienone is 6. The number of phosphoric ester groups is 1. The number of nitrogens with two attached hydrogens (primary N) is 1. The van der Waals surface area contributed by atoms with Crippen LogP contribution in [0.3, 0.4) is 0 Å². The number of nitrogens with one attached hydrogen (secondary N) is 1. The molecule has 0 aromatic heterocycles. The van der Waals surface area contributed by atoms with Crippen molar-refractivity contribution in [3.8, 4) is 0 Å². The van der Waals surface area contributed by atoms with Gasteiger partial charge in [-0.15, -0.1) is 0 Å². The summed E-state index contributed by atoms with van der Waals surface area (Å²) in [5.41, 5.74) is 5.39. The summed E-state index contributed by atoms with van der Waals surface area (Å²) >= 11 is 0. The van der Waals surface area contributed by atoms with Crippen LogP contribution >= 0.6 is 7.82 Å². The summed E-state index contributed by atoms with van der Waals surface area (Å²) in [7, 11) is -4.32. The van der Waals surface area contributed by atoms with Crippen molar-refractivity contribution in [1.29, 1.82) is 0 Å². The highest BCUT2D eigenvalue weighted by Crippen LogP contribution is 2.43. The van der Waals surface area contributed by atoms with Gasteiger partial charge in [0.05, 0.1) is 25.4 Å². The lowest BCUT2D eigenvalue weighted by Gasteiger charge is -2.25. The minimum Gasteiger partial charge on any atom is -0.391 e. The second-order valence-corrected chi connectivity index (χ2v) is 17.4. The summed E-state index contributed by atoms with van der Waals surface area (Å²) in [6.07, 6.45) is 51.6. The molecule has 0 saturated heterocycles. The van der Waals surface area contributed by atoms with Crippen molar-refractivity contribution in [1.82, 2.24) is 5.32 Å². The highest BCUT2D eigenvalue weighted by molar-refractivity contribution is 7.47. The zero-order chi connectivity index (χ0) is 41.1. The molecular formula is C47H91N2O6P. The van der Waals surface area contributed by atoms with E-state index < -0.39 is 20.0 Å². The SMILES string of the molecule is CC/C=C\C/C=C\C/C=C\CCCCCCCCCC(=O)NC(COP(=O)(O)OCCN)C(O)CCCCCCCCCCCCCCCCCCCCCC. The Labute approximate surface area is 346 Å². The maximum atomic E-state index is 12.8. The molecule has 3 unspecified atom stereocenters. The molecule has 9 heteroatoms. The molecule has 0 aliphatic rings. The van der Waals surface area contributed by atoms with Gasteiger partial charge in [0, 0.05) is 13.0 Å². The molecule has 5 N–H and O–H groups in total. The van der Waals surface area contributed by atoms with Crippen molar-refractivity contribution in [3.63, 3.8) is 0 Å². The molecule has 0 rings (SSSR count). The van der Waals surface area contributed by atoms with Gasteiger partial charge in [-0.1, -0.05) is 211 Å². The molecule has 0 fully saturated rings. The standard InChI is InChI=1S/C47H91N2O6P/c1-3-5-7-9-11-13-15-17-19-21-22-23-25-26-28-30-32-34-36-38-40-46(50)45(44-55-56(52,53)54-43-42-48)49-47(51)41-39-37-35-33-31-29-27-24-20-18-16-14-12-10-8-6-4-2/h6,8,12,14,18,20,45-46,50H,3-5,7,9-11,13,15-17,19,21-44,48H2,1-2H3,(H,49,51)(H,52,53)/b8-6-,14-12-,20-18-. The maximum Gasteiger partial charge on any atom is 0.472 e. The van der Waals surface area contributed by atoms with Crippen LogP contribution in [0.4, 0.5) is 0 Å². The number of hydrogen-bond acceptors (Lipinski definition) is 6. The normalized spacial score (nSPS) is 14.3. The molecule has 0 aromatic rings. The summed E-state index contributed by atoms with van der Waals surface area (Å²) < 4.78 is 22.2. The number of rotatable bonds is 44. The van der Waals surface area contributed by atoms with Gasteiger partial charge >= 0.3 is 7.82 Å². The van der Waals surface area contributed by atoms with E-state index in [0.717, 1.165) is 64.2 Å². The Morgan fingerprint density at radius 2 is 1.04 bits per heavy atom. The van der Waals surface area contributed by atoms with E-state index in [1.54, 1.807) is 0 Å². The molecule has 0 aromatic carbocycles. The van der Waals surface area contributed by atoms with E-state index in [9.17, 15) is 19.4 Å². The summed E-state index contributed by atoms with van der Waals surface area (Å²) in [6.45, 7) is 4.11. The highest BCUT2D eigenvalue weighted by Gasteiger charge is 2.27. The van der Waals surface area contributed by atoms with E-state index in [0.29, 0.717) is 12.8 Å². The molecule has 0 aliphatic heterocycles. The van der Waals surface area contributed by atoms with Crippen molar-refractivity contribution in [3.05, 3.63) is 36.5 Å². The van der Waals surface area contributed by atoms with Crippen LogP contribution in [-0.4, -0.2) is 47.8 Å². The minimum absolute atomic E-state index is 0.0866. The van der Waals surface area contributed by atoms with Gasteiger partial charge in [-0.05, 0) is 44.9 Å². The van der Waals surface area contributed by atoms with E-state index in [1.165, 1.54) is 135 Å². The number of hydrogen-bond donors (Lipinski definition) is 4. The number of aliphatic hydroxyl groups excluding tert-OH is 1. The average Bonchev–Trinajstić information content (AvgIpc) is 3.19. The van der Waals surface area contributed by atoms with E-state index in [1.807, 2.05) is 0 Å². The molecule has 0 heterocycles. The fourth-order valence-electron chi connectivity index (χ4n) is 6.98. The fraction of sp³-hybridized carbons (Fsp3) is 0.851. The zero-order valence-corrected chi connectivity index (χ0v) is 37.5. The zero-order valence-electron chi connectivity index (χ0n) is 36.6. The van der Waals surface area contributed by atoms with Gasteiger partial charge in [0.25, 0.3) is 0 Å². The second kappa shape index (κ2) is 43.3. The summed E-state index contributed by atoms with van der Waals surface area (Å²) in [6, 6.07) is -0.780. The van der Waals surface area contributed by atoms with E-state index in [2.05, 4.69) is 55.6 Å². The topological polar surface area (TPSA) is 131 Å². The molecular weight excluding hydrogens is 719 g/mol. The lowest BCUT2D eigenvalue weighted by Crippen LogP contribution is -2.46. The first kappa shape index (κ1) is 54.7. The Kier molecular flexibility index (Phi) is 42.3. The van der Waals surface area contributed by atoms with Gasteiger partial charge in [0.1, 0.15) is 0 Å². The van der Waals surface area contributed by atoms with Crippen molar-refractivity contribution < 1.29 is 28.4 Å². The van der Waals surface area contributed by atoms with E-state index in [-0.39, 0.29) is 25.7 Å². The van der Waals surface area contributed by atoms with Crippen molar-refractivity contribution in [2.75, 3.05) is 19.8 Å². The number of phosphoric acid groups is 1. The van der Waals surface area contributed by atoms with Gasteiger partial charge in [0.15, 0.2) is 0 Å². The predicted molar refractivity (Wildman–Crippen MR) is 240 cm³/mol. The van der Waals surface area contributed by atoms with Crippen LogP contribution in [0.2, 0.25) is 0 Å². The van der Waals surface area contributed by atoms with Crippen LogP contribution < -0.4 is 11.1 Å². The van der Waals surface area contributed by atoms with Gasteiger partial charge in [0.2, 0.25) is 5.91 Å². The molecule has 3 atom stereocenters. The first-order valence-electron chi connectivity index (χ1n) is 23.6. The third-order valence-electron chi connectivity index (χ3n) is 10.5. The quantitative estimate of drug-likeness (QED) is 0.0274. The van der Waals surface area contributed by atoms with Crippen LogP contribution in [0.5, 0.6) is 0 Å². The predicted octanol–water partition coefficient (Wildman–Crippen LogP) is 13.5. The molecule has 0 saturated carbocycles. The summed E-state index contributed by atoms with van der Waals surface area (Å²) in [4.78, 5) is 22.8. The first-order chi connectivity index (χ1) is 27.4. The van der Waals surface area contributed by atoms with Crippen molar-refractivity contribution in [2.45, 2.75) is 238 Å². The van der Waals surface area contributed by atoms with Crippen LogP contribution in [-0.2, 0) is 18.4 Å². The van der Waals surface area contributed by atoms with Crippen molar-refractivity contribution in [2.24, 2.45) is 5.73 Å². The van der Waals surface area contributed by atoms with Gasteiger partial charge < -0.3 is 21.1 Å². The Balaban J connectivity index is 4.10. The fourth-order valence-corrected chi connectivity index (χ4v) is 7.74. The number of aliphatic hydroxyl groups is 1. The Bertz CT molecular complexity index is 974. The second-order valence-electron chi connectivity index (χ2n) is 15.9. The largest absolute Gasteiger partial charge is 0.472 e. The van der Waals surface area contributed by atoms with E-state index in [4.69, 9.17) is 14.8 Å². The lowest BCUT2D eigenvalue weighted by molar-refractivity contribution is -0.123. The Hall–Kier alpha value is -1.28. The third-order valence-corrected chi connectivity index (χ3v) is 11.5. The molecule has 0 spiro atoms. The molecule has 1 amide bonds. The van der Waals surface area contributed by atoms with Crippen molar-refractivity contribution >= 4 is 13.7 Å². The number of carbonyl (C=O) groups is 1. The monoisotopic (exact) mass is 811 g/mol. The third kappa shape index (κ3) is 40.9. The summed E-state index contributed by atoms with van der Waals surface area (Å²) in [5, 5.41) is 13.8. The van der Waals surface area contributed by atoms with Crippen LogP contribution in [0, 0.1) is 0 Å². The Morgan fingerprint density at radius 3 is 1.52 bits per heavy atom. The van der Waals surface area contributed by atoms with Gasteiger partial charge in [-0.3, -0.25) is 13.8 Å². The minimum atomic E-state index is -4.32. The average molecular weight is 811 g/mol. The number of unbranched alkanes of at least 4 members (excludes halogenated alkanes) is 26. The van der Waals surface area contributed by atoms with Crippen LogP contribution in [0.1, 0.15) is 226 Å². The molecule has 56 heavy (non-hydrogen) atoms. The lowest BCUT2D eigenvalue weighted by atomic mass is 10.0. The Morgan fingerprint density at radius 1 is 0.607 bits per heavy atom. The maximum absolute atomic E-state index is 12.8. The summed E-state index contributed by atoms with van der Waals surface area (Å²) in [5.74, 6) is -0.171. The highest BCUT2D eigenvalue weighted by atomic mass is 31.2. The van der Waals surface area contributed by atoms with Gasteiger partial charge in [-0.2, -0.15) is 0 Å². The number of carbonyl (C=O) groups excluding carboxylic acids is 1. The van der Waals surface area contributed by atoms with Gasteiger partial charge in [-0.25, -0.2) is 4.57 Å². The molecule has 0 aliphatic carbocycles. The number of amides is 1. The molecule has 330 valence electrons. The molecule has 0 radical (unpaired) electrons.